The van der Waals surface area contributed by atoms with Gasteiger partial charge in [0.1, 0.15) is 0 Å². The van der Waals surface area contributed by atoms with E-state index in [1.165, 1.54) is 0 Å². The number of carbonyl (C=O) groups is 2. The molecule has 4 rings (SSSR count). The van der Waals surface area contributed by atoms with E-state index in [9.17, 15) is 9.59 Å². The SMILES string of the molecule is O=C(Nc1ccccc1)c1cccc(CN2CCC(NC(=O)C3CC3)CC2)c1. The number of benzene rings is 2. The molecule has 1 saturated heterocycles. The van der Waals surface area contributed by atoms with Crippen molar-refractivity contribution in [2.75, 3.05) is 18.4 Å². The molecular weight excluding hydrogens is 350 g/mol. The van der Waals surface area contributed by atoms with Crippen molar-refractivity contribution >= 4 is 17.5 Å². The number of anilines is 1. The fraction of sp³-hybridized carbons (Fsp3) is 0.391. The average Bonchev–Trinajstić information content (AvgIpc) is 3.56. The van der Waals surface area contributed by atoms with Crippen molar-refractivity contribution in [3.8, 4) is 0 Å². The Balaban J connectivity index is 1.29. The molecule has 0 aromatic heterocycles. The predicted octanol–water partition coefficient (Wildman–Crippen LogP) is 3.43. The van der Waals surface area contributed by atoms with Gasteiger partial charge >= 0.3 is 0 Å². The van der Waals surface area contributed by atoms with Gasteiger partial charge in [0.2, 0.25) is 5.91 Å². The normalized spacial score (nSPS) is 17.9. The number of likely N-dealkylation sites (tertiary alicyclic amines) is 1. The number of para-hydroxylation sites is 1. The smallest absolute Gasteiger partial charge is 0.255 e. The van der Waals surface area contributed by atoms with E-state index in [0.717, 1.165) is 56.6 Å². The van der Waals surface area contributed by atoms with E-state index in [4.69, 9.17) is 0 Å². The monoisotopic (exact) mass is 377 g/mol. The van der Waals surface area contributed by atoms with E-state index in [2.05, 4.69) is 21.6 Å². The molecule has 1 aliphatic carbocycles. The van der Waals surface area contributed by atoms with E-state index >= 15 is 0 Å². The molecule has 0 atom stereocenters. The molecule has 2 aliphatic rings. The number of rotatable bonds is 6. The van der Waals surface area contributed by atoms with Gasteiger partial charge < -0.3 is 10.6 Å². The van der Waals surface area contributed by atoms with Gasteiger partial charge in [-0.2, -0.15) is 0 Å². The Morgan fingerprint density at radius 2 is 1.68 bits per heavy atom. The molecule has 2 amide bonds. The highest BCUT2D eigenvalue weighted by Gasteiger charge is 2.31. The Morgan fingerprint density at radius 3 is 2.39 bits per heavy atom. The second kappa shape index (κ2) is 8.57. The molecular formula is C23H27N3O2. The third kappa shape index (κ3) is 4.98. The number of hydrogen-bond donors (Lipinski definition) is 2. The Morgan fingerprint density at radius 1 is 0.929 bits per heavy atom. The Hall–Kier alpha value is -2.66. The lowest BCUT2D eigenvalue weighted by Crippen LogP contribution is -2.44. The highest BCUT2D eigenvalue weighted by molar-refractivity contribution is 6.04. The molecule has 0 radical (unpaired) electrons. The van der Waals surface area contributed by atoms with E-state index in [-0.39, 0.29) is 17.7 Å². The number of carbonyl (C=O) groups excluding carboxylic acids is 2. The molecule has 0 bridgehead atoms. The maximum absolute atomic E-state index is 12.5. The van der Waals surface area contributed by atoms with E-state index in [1.807, 2.05) is 48.5 Å². The van der Waals surface area contributed by atoms with Crippen molar-refractivity contribution in [2.45, 2.75) is 38.3 Å². The third-order valence-electron chi connectivity index (χ3n) is 5.51. The van der Waals surface area contributed by atoms with Crippen LogP contribution in [0.15, 0.2) is 54.6 Å². The lowest BCUT2D eigenvalue weighted by atomic mass is 10.0. The second-order valence-electron chi connectivity index (χ2n) is 7.85. The van der Waals surface area contributed by atoms with E-state index in [1.54, 1.807) is 0 Å². The van der Waals surface area contributed by atoms with Crippen molar-refractivity contribution in [1.82, 2.24) is 10.2 Å². The summed E-state index contributed by atoms with van der Waals surface area (Å²) in [5.74, 6) is 0.438. The lowest BCUT2D eigenvalue weighted by molar-refractivity contribution is -0.123. The largest absolute Gasteiger partial charge is 0.353 e. The van der Waals surface area contributed by atoms with Crippen molar-refractivity contribution in [1.29, 1.82) is 0 Å². The van der Waals surface area contributed by atoms with Crippen LogP contribution in [0.5, 0.6) is 0 Å². The Labute approximate surface area is 166 Å². The summed E-state index contributed by atoms with van der Waals surface area (Å²) in [5.41, 5.74) is 2.61. The summed E-state index contributed by atoms with van der Waals surface area (Å²) >= 11 is 0. The molecule has 28 heavy (non-hydrogen) atoms. The molecule has 2 N–H and O–H groups in total. The molecule has 2 fully saturated rings. The van der Waals surface area contributed by atoms with Crippen molar-refractivity contribution in [2.24, 2.45) is 5.92 Å². The quantitative estimate of drug-likeness (QED) is 0.811. The number of amides is 2. The molecule has 0 unspecified atom stereocenters. The first-order chi connectivity index (χ1) is 13.7. The highest BCUT2D eigenvalue weighted by atomic mass is 16.2. The van der Waals surface area contributed by atoms with Gasteiger partial charge in [0, 0.05) is 42.8 Å². The Kier molecular flexibility index (Phi) is 5.72. The minimum atomic E-state index is -0.0884. The minimum Gasteiger partial charge on any atom is -0.353 e. The third-order valence-corrected chi connectivity index (χ3v) is 5.51. The van der Waals surface area contributed by atoms with Gasteiger partial charge in [-0.15, -0.1) is 0 Å². The summed E-state index contributed by atoms with van der Waals surface area (Å²) in [4.78, 5) is 26.8. The molecule has 1 aliphatic heterocycles. The first-order valence-corrected chi connectivity index (χ1v) is 10.2. The molecule has 146 valence electrons. The molecule has 2 aromatic carbocycles. The summed E-state index contributed by atoms with van der Waals surface area (Å²) in [6, 6.07) is 17.6. The van der Waals surface area contributed by atoms with Gasteiger partial charge in [-0.25, -0.2) is 0 Å². The van der Waals surface area contributed by atoms with Gasteiger partial charge in [-0.3, -0.25) is 14.5 Å². The Bertz CT molecular complexity index is 825. The number of nitrogens with one attached hydrogen (secondary N) is 2. The van der Waals surface area contributed by atoms with Crippen molar-refractivity contribution in [3.05, 3.63) is 65.7 Å². The summed E-state index contributed by atoms with van der Waals surface area (Å²) in [6.45, 7) is 2.77. The summed E-state index contributed by atoms with van der Waals surface area (Å²) in [6.07, 6.45) is 4.09. The number of hydrogen-bond acceptors (Lipinski definition) is 3. The van der Waals surface area contributed by atoms with Crippen molar-refractivity contribution < 1.29 is 9.59 Å². The summed E-state index contributed by atoms with van der Waals surface area (Å²) < 4.78 is 0. The molecule has 1 saturated carbocycles. The van der Waals surface area contributed by atoms with Crippen LogP contribution >= 0.6 is 0 Å². The van der Waals surface area contributed by atoms with Crippen molar-refractivity contribution in [3.63, 3.8) is 0 Å². The summed E-state index contributed by atoms with van der Waals surface area (Å²) in [7, 11) is 0. The minimum absolute atomic E-state index is 0.0884. The van der Waals surface area contributed by atoms with Crippen LogP contribution in [-0.4, -0.2) is 35.8 Å². The maximum Gasteiger partial charge on any atom is 0.255 e. The zero-order valence-electron chi connectivity index (χ0n) is 16.1. The van der Waals surface area contributed by atoms with Crippen LogP contribution in [0, 0.1) is 5.92 Å². The second-order valence-corrected chi connectivity index (χ2v) is 7.85. The molecule has 2 aromatic rings. The molecule has 0 spiro atoms. The zero-order valence-corrected chi connectivity index (χ0v) is 16.1. The van der Waals surface area contributed by atoms with Gasteiger partial charge in [0.15, 0.2) is 0 Å². The first-order valence-electron chi connectivity index (χ1n) is 10.2. The van der Waals surface area contributed by atoms with Crippen LogP contribution in [0.25, 0.3) is 0 Å². The average molecular weight is 377 g/mol. The maximum atomic E-state index is 12.5. The van der Waals surface area contributed by atoms with E-state index in [0.29, 0.717) is 11.6 Å². The zero-order chi connectivity index (χ0) is 19.3. The van der Waals surface area contributed by atoms with Crippen LogP contribution in [0.3, 0.4) is 0 Å². The van der Waals surface area contributed by atoms with Crippen LogP contribution in [0.4, 0.5) is 5.69 Å². The van der Waals surface area contributed by atoms with Gasteiger partial charge in [-0.1, -0.05) is 30.3 Å². The first kappa shape index (κ1) is 18.7. The topological polar surface area (TPSA) is 61.4 Å². The number of nitrogens with zero attached hydrogens (tertiary/aromatic N) is 1. The van der Waals surface area contributed by atoms with Crippen LogP contribution < -0.4 is 10.6 Å². The predicted molar refractivity (Wildman–Crippen MR) is 110 cm³/mol. The van der Waals surface area contributed by atoms with Gasteiger partial charge in [0.05, 0.1) is 0 Å². The van der Waals surface area contributed by atoms with Crippen LogP contribution in [-0.2, 0) is 11.3 Å². The number of piperidine rings is 1. The molecule has 1 heterocycles. The molecule has 5 heteroatoms. The van der Waals surface area contributed by atoms with Crippen LogP contribution in [0.2, 0.25) is 0 Å². The highest BCUT2D eigenvalue weighted by Crippen LogP contribution is 2.29. The fourth-order valence-electron chi connectivity index (χ4n) is 3.69. The standard InChI is InChI=1S/C23H27N3O2/c27-22(18-9-10-18)25-21-11-13-26(14-12-21)16-17-5-4-6-19(15-17)23(28)24-20-7-2-1-3-8-20/h1-8,15,18,21H,9-14,16H2,(H,24,28)(H,25,27). The van der Waals surface area contributed by atoms with Crippen LogP contribution in [0.1, 0.15) is 41.6 Å². The summed E-state index contributed by atoms with van der Waals surface area (Å²) in [5, 5.41) is 6.13. The fourth-order valence-corrected chi connectivity index (χ4v) is 3.69. The lowest BCUT2D eigenvalue weighted by Gasteiger charge is -2.32. The molecule has 5 nitrogen and oxygen atoms in total. The van der Waals surface area contributed by atoms with E-state index < -0.39 is 0 Å². The van der Waals surface area contributed by atoms with Gasteiger partial charge in [0.25, 0.3) is 5.91 Å². The van der Waals surface area contributed by atoms with Gasteiger partial charge in [-0.05, 0) is 55.5 Å².